The van der Waals surface area contributed by atoms with Crippen molar-refractivity contribution in [2.45, 2.75) is 25.9 Å². The maximum atomic E-state index is 12.0. The van der Waals surface area contributed by atoms with Crippen LogP contribution in [0.4, 0.5) is 0 Å². The third-order valence-electron chi connectivity index (χ3n) is 2.56. The summed E-state index contributed by atoms with van der Waals surface area (Å²) in [6.45, 7) is 4.29. The third-order valence-corrected chi connectivity index (χ3v) is 4.48. The van der Waals surface area contributed by atoms with Crippen LogP contribution in [0.3, 0.4) is 0 Å². The summed E-state index contributed by atoms with van der Waals surface area (Å²) in [6.07, 6.45) is 2.69. The molecule has 0 aromatic rings. The van der Waals surface area contributed by atoms with Crippen LogP contribution in [0.15, 0.2) is 11.4 Å². The van der Waals surface area contributed by atoms with Gasteiger partial charge in [0.25, 0.3) is 0 Å². The summed E-state index contributed by atoms with van der Waals surface area (Å²) in [5.74, 6) is 0. The minimum absolute atomic E-state index is 0.323. The molecule has 5 heteroatoms. The van der Waals surface area contributed by atoms with E-state index in [1.165, 1.54) is 14.2 Å². The molecule has 1 atom stereocenters. The van der Waals surface area contributed by atoms with Crippen LogP contribution in [0.25, 0.3) is 0 Å². The minimum Gasteiger partial charge on any atom is -0.366 e. The van der Waals surface area contributed by atoms with Gasteiger partial charge < -0.3 is 13.8 Å². The second-order valence-corrected chi connectivity index (χ2v) is 5.75. The fourth-order valence-corrected chi connectivity index (χ4v) is 2.62. The van der Waals surface area contributed by atoms with Crippen molar-refractivity contribution < 1.29 is 18.3 Å². The molecule has 4 nitrogen and oxygen atoms in total. The lowest BCUT2D eigenvalue weighted by Crippen LogP contribution is -2.19. The van der Waals surface area contributed by atoms with Gasteiger partial charge in [-0.25, -0.2) is 0 Å². The number of ether oxygens (including phenoxy) is 1. The molecular weight excluding hydrogens is 203 g/mol. The van der Waals surface area contributed by atoms with Crippen molar-refractivity contribution >= 4 is 7.60 Å². The molecule has 0 N–H and O–H groups in total. The van der Waals surface area contributed by atoms with Gasteiger partial charge in [0.15, 0.2) is 0 Å². The van der Waals surface area contributed by atoms with E-state index in [1.54, 1.807) is 0 Å². The van der Waals surface area contributed by atoms with Crippen molar-refractivity contribution in [3.8, 4) is 0 Å². The zero-order valence-electron chi connectivity index (χ0n) is 9.07. The Kier molecular flexibility index (Phi) is 3.53. The van der Waals surface area contributed by atoms with E-state index >= 15 is 0 Å². The zero-order chi connectivity index (χ0) is 10.8. The molecule has 1 aliphatic rings. The van der Waals surface area contributed by atoms with E-state index in [-0.39, 0.29) is 5.60 Å². The highest BCUT2D eigenvalue weighted by molar-refractivity contribution is 7.58. The molecular formula is C9H17O4P. The van der Waals surface area contributed by atoms with Gasteiger partial charge in [-0.05, 0) is 19.4 Å². The predicted octanol–water partition coefficient (Wildman–Crippen LogP) is 2.56. The van der Waals surface area contributed by atoms with Crippen LogP contribution in [0.5, 0.6) is 0 Å². The molecule has 0 aromatic heterocycles. The SMILES string of the molecule is CCC1(C)C=C(P(=O)(OC)OC)CO1. The van der Waals surface area contributed by atoms with Crippen LogP contribution in [0.1, 0.15) is 20.3 Å². The molecule has 0 radical (unpaired) electrons. The molecule has 0 aromatic carbocycles. The summed E-state index contributed by atoms with van der Waals surface area (Å²) in [7, 11) is -0.322. The van der Waals surface area contributed by atoms with Gasteiger partial charge in [0.2, 0.25) is 0 Å². The number of rotatable bonds is 4. The Balaban J connectivity index is 2.91. The fourth-order valence-electron chi connectivity index (χ4n) is 1.35. The summed E-state index contributed by atoms with van der Waals surface area (Å²) in [6, 6.07) is 0. The predicted molar refractivity (Wildman–Crippen MR) is 54.4 cm³/mol. The number of hydrogen-bond acceptors (Lipinski definition) is 4. The van der Waals surface area contributed by atoms with Crippen LogP contribution < -0.4 is 0 Å². The molecule has 14 heavy (non-hydrogen) atoms. The molecule has 0 saturated heterocycles. The van der Waals surface area contributed by atoms with Gasteiger partial charge in [0, 0.05) is 14.2 Å². The van der Waals surface area contributed by atoms with E-state index in [2.05, 4.69) is 0 Å². The van der Waals surface area contributed by atoms with Crippen molar-refractivity contribution in [1.82, 2.24) is 0 Å². The molecule has 0 fully saturated rings. The molecule has 0 aliphatic carbocycles. The van der Waals surface area contributed by atoms with Crippen molar-refractivity contribution in [3.05, 3.63) is 11.4 Å². The summed E-state index contributed by atoms with van der Waals surface area (Å²) >= 11 is 0. The fraction of sp³-hybridized carbons (Fsp3) is 0.778. The first kappa shape index (κ1) is 11.9. The first-order valence-electron chi connectivity index (χ1n) is 4.57. The number of hydrogen-bond donors (Lipinski definition) is 0. The Labute approximate surface area is 84.8 Å². The van der Waals surface area contributed by atoms with Gasteiger partial charge in [-0.2, -0.15) is 0 Å². The van der Waals surface area contributed by atoms with Crippen LogP contribution >= 0.6 is 7.60 Å². The van der Waals surface area contributed by atoms with Gasteiger partial charge in [-0.1, -0.05) is 6.92 Å². The Hall–Kier alpha value is -0.150. The second-order valence-electron chi connectivity index (χ2n) is 3.45. The Bertz CT molecular complexity index is 279. The van der Waals surface area contributed by atoms with Crippen molar-refractivity contribution in [3.63, 3.8) is 0 Å². The van der Waals surface area contributed by atoms with Crippen LogP contribution in [-0.2, 0) is 18.3 Å². The largest absolute Gasteiger partial charge is 0.366 e. The molecule has 0 saturated carbocycles. The molecule has 1 aliphatic heterocycles. The third kappa shape index (κ3) is 2.09. The molecule has 0 bridgehead atoms. The maximum absolute atomic E-state index is 12.0. The van der Waals surface area contributed by atoms with Gasteiger partial charge >= 0.3 is 7.60 Å². The quantitative estimate of drug-likeness (QED) is 0.683. The summed E-state index contributed by atoms with van der Waals surface area (Å²) < 4.78 is 27.3. The Morgan fingerprint density at radius 1 is 1.57 bits per heavy atom. The van der Waals surface area contributed by atoms with Crippen molar-refractivity contribution in [1.29, 1.82) is 0 Å². The van der Waals surface area contributed by atoms with Crippen molar-refractivity contribution in [2.75, 3.05) is 20.8 Å². The topological polar surface area (TPSA) is 44.8 Å². The normalized spacial score (nSPS) is 27.9. The summed E-state index contributed by atoms with van der Waals surface area (Å²) in [5, 5.41) is 0.617. The average Bonchev–Trinajstić information content (AvgIpc) is 2.61. The molecule has 1 rings (SSSR count). The minimum atomic E-state index is -3.09. The van der Waals surface area contributed by atoms with Gasteiger partial charge in [-0.15, -0.1) is 0 Å². The van der Waals surface area contributed by atoms with Gasteiger partial charge in [0.05, 0.1) is 17.5 Å². The molecule has 0 spiro atoms. The van der Waals surface area contributed by atoms with E-state index in [0.29, 0.717) is 11.9 Å². The molecule has 0 amide bonds. The van der Waals surface area contributed by atoms with Crippen LogP contribution in [0.2, 0.25) is 0 Å². The van der Waals surface area contributed by atoms with Gasteiger partial charge in [0.1, 0.15) is 0 Å². The standard InChI is InChI=1S/C9H17O4P/c1-5-9(2)6-8(7-13-9)14(10,11-3)12-4/h6H,5,7H2,1-4H3. The van der Waals surface area contributed by atoms with E-state index in [4.69, 9.17) is 13.8 Å². The highest BCUT2D eigenvalue weighted by atomic mass is 31.2. The Morgan fingerprint density at radius 2 is 2.14 bits per heavy atom. The highest BCUT2D eigenvalue weighted by Crippen LogP contribution is 2.57. The first-order chi connectivity index (χ1) is 6.49. The lowest BCUT2D eigenvalue weighted by atomic mass is 10.1. The lowest BCUT2D eigenvalue weighted by molar-refractivity contribution is 0.0375. The second kappa shape index (κ2) is 4.15. The first-order valence-corrected chi connectivity index (χ1v) is 6.11. The molecule has 1 heterocycles. The molecule has 1 unspecified atom stereocenters. The summed E-state index contributed by atoms with van der Waals surface area (Å²) in [5.41, 5.74) is -0.331. The maximum Gasteiger partial charge on any atom is 0.358 e. The zero-order valence-corrected chi connectivity index (χ0v) is 9.97. The smallest absolute Gasteiger partial charge is 0.358 e. The van der Waals surface area contributed by atoms with Crippen LogP contribution in [-0.4, -0.2) is 26.4 Å². The summed E-state index contributed by atoms with van der Waals surface area (Å²) in [4.78, 5) is 0. The Morgan fingerprint density at radius 3 is 2.50 bits per heavy atom. The van der Waals surface area contributed by atoms with E-state index in [1.807, 2.05) is 19.9 Å². The highest BCUT2D eigenvalue weighted by Gasteiger charge is 2.37. The van der Waals surface area contributed by atoms with Crippen LogP contribution in [0, 0.1) is 0 Å². The van der Waals surface area contributed by atoms with E-state index in [0.717, 1.165) is 6.42 Å². The van der Waals surface area contributed by atoms with E-state index in [9.17, 15) is 4.57 Å². The van der Waals surface area contributed by atoms with Crippen molar-refractivity contribution in [2.24, 2.45) is 0 Å². The van der Waals surface area contributed by atoms with Gasteiger partial charge in [-0.3, -0.25) is 4.57 Å². The van der Waals surface area contributed by atoms with E-state index < -0.39 is 7.60 Å². The monoisotopic (exact) mass is 220 g/mol. The molecule has 82 valence electrons. The average molecular weight is 220 g/mol. The lowest BCUT2D eigenvalue weighted by Gasteiger charge is -2.18.